The van der Waals surface area contributed by atoms with Crippen molar-refractivity contribution in [2.75, 3.05) is 5.32 Å². The van der Waals surface area contributed by atoms with Gasteiger partial charge in [0.2, 0.25) is 0 Å². The summed E-state index contributed by atoms with van der Waals surface area (Å²) < 4.78 is 0. The molecule has 0 saturated heterocycles. The van der Waals surface area contributed by atoms with Gasteiger partial charge in [0.05, 0.1) is 12.2 Å². The zero-order valence-electron chi connectivity index (χ0n) is 13.6. The van der Waals surface area contributed by atoms with Crippen molar-refractivity contribution in [3.8, 4) is 0 Å². The first kappa shape index (κ1) is 16.0. The van der Waals surface area contributed by atoms with Gasteiger partial charge in [-0.15, -0.1) is 0 Å². The minimum atomic E-state index is 0.431. The highest BCUT2D eigenvalue weighted by atomic mass is 15.1. The minimum Gasteiger partial charge on any atom is -0.370 e. The van der Waals surface area contributed by atoms with Crippen LogP contribution in [0.2, 0.25) is 0 Å². The van der Waals surface area contributed by atoms with Crippen LogP contribution in [-0.2, 0) is 19.4 Å². The molecule has 0 amide bonds. The summed E-state index contributed by atoms with van der Waals surface area (Å²) >= 11 is 0. The summed E-state index contributed by atoms with van der Waals surface area (Å²) in [6.07, 6.45) is 3.70. The van der Waals surface area contributed by atoms with Crippen LogP contribution in [0.5, 0.6) is 0 Å². The standard InChI is InChI=1S/C18H24N4/c1-4-14-9-6-10-15(5-2)17(14)22-18(19)21-12-16-13(3)8-7-11-20-16/h6-11H,4-5,12H2,1-3H3,(H3,19,21,22). The average Bonchev–Trinajstić information content (AvgIpc) is 2.54. The topological polar surface area (TPSA) is 63.3 Å². The number of hydrogen-bond donors (Lipinski definition) is 2. The van der Waals surface area contributed by atoms with Gasteiger partial charge in [-0.25, -0.2) is 4.99 Å². The third-order valence-corrected chi connectivity index (χ3v) is 3.77. The summed E-state index contributed by atoms with van der Waals surface area (Å²) in [5.74, 6) is 0.431. The number of anilines is 1. The van der Waals surface area contributed by atoms with E-state index < -0.39 is 0 Å². The quantitative estimate of drug-likeness (QED) is 0.656. The molecule has 3 N–H and O–H groups in total. The number of guanidine groups is 1. The van der Waals surface area contributed by atoms with Crippen LogP contribution in [-0.4, -0.2) is 10.9 Å². The van der Waals surface area contributed by atoms with Crippen LogP contribution >= 0.6 is 0 Å². The number of nitrogens with two attached hydrogens (primary N) is 1. The van der Waals surface area contributed by atoms with Crippen molar-refractivity contribution in [3.05, 3.63) is 58.9 Å². The number of nitrogens with one attached hydrogen (secondary N) is 1. The summed E-state index contributed by atoms with van der Waals surface area (Å²) in [6.45, 7) is 6.80. The number of para-hydroxylation sites is 1. The smallest absolute Gasteiger partial charge is 0.193 e. The Hall–Kier alpha value is -2.36. The predicted octanol–water partition coefficient (Wildman–Crippen LogP) is 3.44. The normalized spacial score (nSPS) is 11.5. The van der Waals surface area contributed by atoms with E-state index in [0.29, 0.717) is 12.5 Å². The molecule has 0 aliphatic rings. The molecular formula is C18H24N4. The second-order valence-electron chi connectivity index (χ2n) is 5.25. The largest absolute Gasteiger partial charge is 0.370 e. The Morgan fingerprint density at radius 1 is 1.14 bits per heavy atom. The molecular weight excluding hydrogens is 272 g/mol. The van der Waals surface area contributed by atoms with Gasteiger partial charge >= 0.3 is 0 Å². The fraction of sp³-hybridized carbons (Fsp3) is 0.333. The highest BCUT2D eigenvalue weighted by molar-refractivity contribution is 5.93. The van der Waals surface area contributed by atoms with Crippen molar-refractivity contribution in [1.29, 1.82) is 0 Å². The molecule has 1 aromatic heterocycles. The van der Waals surface area contributed by atoms with Crippen LogP contribution in [0.25, 0.3) is 0 Å². The summed E-state index contributed by atoms with van der Waals surface area (Å²) in [6, 6.07) is 10.3. The maximum atomic E-state index is 6.06. The van der Waals surface area contributed by atoms with Crippen LogP contribution in [0, 0.1) is 6.92 Å². The highest BCUT2D eigenvalue weighted by Gasteiger charge is 2.07. The number of aryl methyl sites for hydroxylation is 3. The lowest BCUT2D eigenvalue weighted by molar-refractivity contribution is 0.963. The maximum absolute atomic E-state index is 6.06. The van der Waals surface area contributed by atoms with Crippen molar-refractivity contribution in [2.24, 2.45) is 10.7 Å². The zero-order valence-corrected chi connectivity index (χ0v) is 13.6. The lowest BCUT2D eigenvalue weighted by Crippen LogP contribution is -2.24. The number of pyridine rings is 1. The van der Waals surface area contributed by atoms with Crippen LogP contribution in [0.4, 0.5) is 5.69 Å². The maximum Gasteiger partial charge on any atom is 0.193 e. The first-order chi connectivity index (χ1) is 10.7. The van der Waals surface area contributed by atoms with Gasteiger partial charge in [0, 0.05) is 11.9 Å². The Bertz CT molecular complexity index is 640. The first-order valence-corrected chi connectivity index (χ1v) is 7.73. The second-order valence-corrected chi connectivity index (χ2v) is 5.25. The molecule has 0 unspecified atom stereocenters. The van der Waals surface area contributed by atoms with Crippen LogP contribution < -0.4 is 11.1 Å². The highest BCUT2D eigenvalue weighted by Crippen LogP contribution is 2.22. The molecule has 4 heteroatoms. The fourth-order valence-corrected chi connectivity index (χ4v) is 2.41. The van der Waals surface area contributed by atoms with Crippen molar-refractivity contribution in [2.45, 2.75) is 40.2 Å². The van der Waals surface area contributed by atoms with E-state index >= 15 is 0 Å². The molecule has 0 spiro atoms. The van der Waals surface area contributed by atoms with Gasteiger partial charge in [-0.05, 0) is 42.5 Å². The van der Waals surface area contributed by atoms with Gasteiger partial charge in [0.15, 0.2) is 5.96 Å². The van der Waals surface area contributed by atoms with E-state index in [1.807, 2.05) is 19.1 Å². The second kappa shape index (κ2) is 7.59. The van der Waals surface area contributed by atoms with Crippen molar-refractivity contribution >= 4 is 11.6 Å². The van der Waals surface area contributed by atoms with Gasteiger partial charge < -0.3 is 11.1 Å². The van der Waals surface area contributed by atoms with E-state index in [9.17, 15) is 0 Å². The molecule has 1 aromatic carbocycles. The number of aromatic nitrogens is 1. The number of aliphatic imine (C=N–C) groups is 1. The average molecular weight is 296 g/mol. The van der Waals surface area contributed by atoms with Crippen LogP contribution in [0.3, 0.4) is 0 Å². The minimum absolute atomic E-state index is 0.431. The molecule has 2 rings (SSSR count). The van der Waals surface area contributed by atoms with Gasteiger partial charge in [-0.2, -0.15) is 0 Å². The molecule has 0 saturated carbocycles. The van der Waals surface area contributed by atoms with E-state index in [-0.39, 0.29) is 0 Å². The van der Waals surface area contributed by atoms with E-state index in [1.54, 1.807) is 6.20 Å². The van der Waals surface area contributed by atoms with Crippen molar-refractivity contribution in [3.63, 3.8) is 0 Å². The lowest BCUT2D eigenvalue weighted by atomic mass is 10.0. The predicted molar refractivity (Wildman–Crippen MR) is 93.1 cm³/mol. The van der Waals surface area contributed by atoms with Crippen molar-refractivity contribution < 1.29 is 0 Å². The zero-order chi connectivity index (χ0) is 15.9. The third-order valence-electron chi connectivity index (χ3n) is 3.77. The molecule has 2 aromatic rings. The molecule has 22 heavy (non-hydrogen) atoms. The van der Waals surface area contributed by atoms with Gasteiger partial charge in [0.1, 0.15) is 0 Å². The Balaban J connectivity index is 2.16. The molecule has 0 atom stereocenters. The molecule has 0 radical (unpaired) electrons. The first-order valence-electron chi connectivity index (χ1n) is 7.73. The van der Waals surface area contributed by atoms with Crippen molar-refractivity contribution in [1.82, 2.24) is 4.98 Å². The van der Waals surface area contributed by atoms with Gasteiger partial charge in [0.25, 0.3) is 0 Å². The third kappa shape index (κ3) is 3.85. The Morgan fingerprint density at radius 2 is 1.82 bits per heavy atom. The SMILES string of the molecule is CCc1cccc(CC)c1NC(N)=NCc1ncccc1C. The number of hydrogen-bond acceptors (Lipinski definition) is 2. The number of nitrogens with zero attached hydrogens (tertiary/aromatic N) is 2. The number of benzene rings is 1. The molecule has 4 nitrogen and oxygen atoms in total. The molecule has 116 valence electrons. The van der Waals surface area contributed by atoms with Gasteiger partial charge in [-0.3, -0.25) is 4.98 Å². The molecule has 1 heterocycles. The van der Waals surface area contributed by atoms with E-state index in [0.717, 1.165) is 29.8 Å². The monoisotopic (exact) mass is 296 g/mol. The van der Waals surface area contributed by atoms with Crippen LogP contribution in [0.15, 0.2) is 41.5 Å². The van der Waals surface area contributed by atoms with E-state index in [2.05, 4.69) is 47.3 Å². The number of rotatable bonds is 5. The molecule has 0 aliphatic carbocycles. The summed E-state index contributed by atoms with van der Waals surface area (Å²) in [5.41, 5.74) is 11.7. The Labute approximate surface area is 132 Å². The lowest BCUT2D eigenvalue weighted by Gasteiger charge is -2.14. The molecule has 0 fully saturated rings. The molecule has 0 aliphatic heterocycles. The summed E-state index contributed by atoms with van der Waals surface area (Å²) in [5, 5.41) is 3.27. The van der Waals surface area contributed by atoms with E-state index in [4.69, 9.17) is 5.73 Å². The summed E-state index contributed by atoms with van der Waals surface area (Å²) in [7, 11) is 0. The van der Waals surface area contributed by atoms with E-state index in [1.165, 1.54) is 11.1 Å². The van der Waals surface area contributed by atoms with Gasteiger partial charge in [-0.1, -0.05) is 38.1 Å². The Morgan fingerprint density at radius 3 is 2.41 bits per heavy atom. The van der Waals surface area contributed by atoms with Crippen LogP contribution in [0.1, 0.15) is 36.2 Å². The summed E-state index contributed by atoms with van der Waals surface area (Å²) in [4.78, 5) is 8.76. The Kier molecular flexibility index (Phi) is 5.53. The molecule has 0 bridgehead atoms. The fourth-order valence-electron chi connectivity index (χ4n) is 2.41.